The number of nitrogens with zero attached hydrogens (tertiary/aromatic N) is 3. The topological polar surface area (TPSA) is 68.5 Å². The van der Waals surface area contributed by atoms with Crippen molar-refractivity contribution in [1.29, 1.82) is 0 Å². The zero-order valence-electron chi connectivity index (χ0n) is 15.4. The molecule has 0 unspecified atom stereocenters. The molecule has 0 saturated carbocycles. The number of carbonyl (C=O) groups excluding carboxylic acids is 1. The molecule has 6 heteroatoms. The molecule has 2 heterocycles. The number of rotatable bonds is 6. The van der Waals surface area contributed by atoms with Gasteiger partial charge in [-0.1, -0.05) is 54.6 Å². The quantitative estimate of drug-likeness (QED) is 0.561. The third kappa shape index (κ3) is 3.71. The van der Waals surface area contributed by atoms with Gasteiger partial charge in [-0.2, -0.15) is 0 Å². The Morgan fingerprint density at radius 1 is 1.00 bits per heavy atom. The van der Waals surface area contributed by atoms with Crippen LogP contribution in [0.4, 0.5) is 0 Å². The molecule has 1 amide bonds. The van der Waals surface area contributed by atoms with Gasteiger partial charge in [0.1, 0.15) is 5.75 Å². The summed E-state index contributed by atoms with van der Waals surface area (Å²) in [6.45, 7) is 1.80. The Bertz CT molecular complexity index is 1090. The number of aromatic nitrogens is 3. The Labute approximate surface area is 162 Å². The molecule has 1 N–H and O–H groups in total. The van der Waals surface area contributed by atoms with Crippen molar-refractivity contribution in [3.63, 3.8) is 0 Å². The number of hydrogen-bond donors (Lipinski definition) is 1. The average Bonchev–Trinajstić information content (AvgIpc) is 3.17. The number of para-hydroxylation sites is 1. The monoisotopic (exact) mass is 372 g/mol. The number of benzene rings is 2. The molecule has 0 spiro atoms. The lowest BCUT2D eigenvalue weighted by Gasteiger charge is -2.14. The van der Waals surface area contributed by atoms with Crippen LogP contribution < -0.4 is 10.1 Å². The molecule has 0 saturated heterocycles. The first-order valence-electron chi connectivity index (χ1n) is 9.08. The first kappa shape index (κ1) is 17.7. The molecule has 0 radical (unpaired) electrons. The number of carbonyl (C=O) groups is 1. The minimum atomic E-state index is -0.294. The Morgan fingerprint density at radius 3 is 2.61 bits per heavy atom. The maximum absolute atomic E-state index is 12.4. The van der Waals surface area contributed by atoms with Crippen LogP contribution in [0, 0.1) is 0 Å². The number of hydrogen-bond acceptors (Lipinski definition) is 4. The molecule has 0 aliphatic carbocycles. The molecular formula is C22H20N4O2. The second kappa shape index (κ2) is 7.92. The van der Waals surface area contributed by atoms with Crippen LogP contribution >= 0.6 is 0 Å². The van der Waals surface area contributed by atoms with E-state index in [2.05, 4.69) is 15.5 Å². The normalized spacial score (nSPS) is 11.9. The van der Waals surface area contributed by atoms with Gasteiger partial charge < -0.3 is 10.1 Å². The van der Waals surface area contributed by atoms with Crippen LogP contribution in [0.3, 0.4) is 0 Å². The van der Waals surface area contributed by atoms with E-state index in [0.29, 0.717) is 11.6 Å². The molecule has 0 bridgehead atoms. The Kier molecular flexibility index (Phi) is 5.01. The van der Waals surface area contributed by atoms with Gasteiger partial charge >= 0.3 is 0 Å². The van der Waals surface area contributed by atoms with E-state index < -0.39 is 0 Å². The second-order valence-corrected chi connectivity index (χ2v) is 6.43. The van der Waals surface area contributed by atoms with Crippen molar-refractivity contribution in [2.45, 2.75) is 13.0 Å². The van der Waals surface area contributed by atoms with Gasteiger partial charge in [-0.3, -0.25) is 9.20 Å². The predicted molar refractivity (Wildman–Crippen MR) is 107 cm³/mol. The van der Waals surface area contributed by atoms with E-state index >= 15 is 0 Å². The van der Waals surface area contributed by atoms with E-state index in [0.717, 1.165) is 16.8 Å². The molecule has 2 aromatic carbocycles. The average molecular weight is 372 g/mol. The molecule has 28 heavy (non-hydrogen) atoms. The number of ether oxygens (including phenoxy) is 1. The molecular weight excluding hydrogens is 352 g/mol. The first-order valence-corrected chi connectivity index (χ1v) is 9.08. The summed E-state index contributed by atoms with van der Waals surface area (Å²) < 4.78 is 7.66. The lowest BCUT2D eigenvalue weighted by molar-refractivity contribution is -0.123. The van der Waals surface area contributed by atoms with Crippen molar-refractivity contribution >= 4 is 11.6 Å². The van der Waals surface area contributed by atoms with Crippen LogP contribution in [0.2, 0.25) is 0 Å². The van der Waals surface area contributed by atoms with Crippen LogP contribution in [0.1, 0.15) is 18.8 Å². The van der Waals surface area contributed by atoms with E-state index in [9.17, 15) is 4.79 Å². The Balaban J connectivity index is 1.43. The highest BCUT2D eigenvalue weighted by Crippen LogP contribution is 2.29. The summed E-state index contributed by atoms with van der Waals surface area (Å²) in [4.78, 5) is 12.4. The van der Waals surface area contributed by atoms with Crippen LogP contribution in [0.25, 0.3) is 16.8 Å². The highest BCUT2D eigenvalue weighted by Gasteiger charge is 2.16. The van der Waals surface area contributed by atoms with Gasteiger partial charge in [-0.15, -0.1) is 10.2 Å². The van der Waals surface area contributed by atoms with Crippen molar-refractivity contribution in [3.8, 4) is 16.9 Å². The number of fused-ring (bicyclic) bond motifs is 1. The molecule has 140 valence electrons. The van der Waals surface area contributed by atoms with Gasteiger partial charge in [0.25, 0.3) is 5.91 Å². The maximum Gasteiger partial charge on any atom is 0.258 e. The third-order valence-corrected chi connectivity index (χ3v) is 4.44. The zero-order chi connectivity index (χ0) is 19.3. The van der Waals surface area contributed by atoms with Crippen molar-refractivity contribution in [2.75, 3.05) is 6.61 Å². The molecule has 0 aliphatic rings. The van der Waals surface area contributed by atoms with Crippen LogP contribution in [0.5, 0.6) is 5.75 Å². The van der Waals surface area contributed by atoms with E-state index in [1.807, 2.05) is 90.3 Å². The van der Waals surface area contributed by atoms with Gasteiger partial charge in [-0.25, -0.2) is 0 Å². The Hall–Kier alpha value is -3.67. The summed E-state index contributed by atoms with van der Waals surface area (Å²) in [5.41, 5.74) is 2.74. The fourth-order valence-corrected chi connectivity index (χ4v) is 3.09. The molecule has 0 fully saturated rings. The van der Waals surface area contributed by atoms with Crippen LogP contribution in [-0.4, -0.2) is 27.1 Å². The van der Waals surface area contributed by atoms with E-state index in [-0.39, 0.29) is 18.6 Å². The summed E-state index contributed by atoms with van der Waals surface area (Å²) in [7, 11) is 0. The fourth-order valence-electron chi connectivity index (χ4n) is 3.09. The zero-order valence-corrected chi connectivity index (χ0v) is 15.4. The smallest absolute Gasteiger partial charge is 0.258 e. The van der Waals surface area contributed by atoms with E-state index in [4.69, 9.17) is 4.74 Å². The van der Waals surface area contributed by atoms with Crippen molar-refractivity contribution < 1.29 is 9.53 Å². The van der Waals surface area contributed by atoms with E-state index in [1.54, 1.807) is 0 Å². The summed E-state index contributed by atoms with van der Waals surface area (Å²) in [6, 6.07) is 23.0. The van der Waals surface area contributed by atoms with Gasteiger partial charge in [0, 0.05) is 11.8 Å². The van der Waals surface area contributed by atoms with Crippen LogP contribution in [0.15, 0.2) is 79.0 Å². The molecule has 1 atom stereocenters. The highest BCUT2D eigenvalue weighted by atomic mass is 16.5. The third-order valence-electron chi connectivity index (χ3n) is 4.44. The molecule has 6 nitrogen and oxygen atoms in total. The predicted octanol–water partition coefficient (Wildman–Crippen LogP) is 3.65. The molecule has 4 aromatic rings. The van der Waals surface area contributed by atoms with Crippen LogP contribution in [-0.2, 0) is 4.79 Å². The van der Waals surface area contributed by atoms with Gasteiger partial charge in [0.2, 0.25) is 0 Å². The fraction of sp³-hybridized carbons (Fsp3) is 0.136. The minimum Gasteiger partial charge on any atom is -0.483 e. The summed E-state index contributed by atoms with van der Waals surface area (Å²) in [5.74, 6) is 1.13. The summed E-state index contributed by atoms with van der Waals surface area (Å²) in [5, 5.41) is 11.2. The van der Waals surface area contributed by atoms with E-state index in [1.165, 1.54) is 0 Å². The lowest BCUT2D eigenvalue weighted by Crippen LogP contribution is -2.32. The van der Waals surface area contributed by atoms with Crippen molar-refractivity contribution in [1.82, 2.24) is 19.9 Å². The highest BCUT2D eigenvalue weighted by molar-refractivity contribution is 5.78. The lowest BCUT2D eigenvalue weighted by atomic mass is 10.1. The number of amides is 1. The van der Waals surface area contributed by atoms with Gasteiger partial charge in [0.05, 0.1) is 6.04 Å². The SMILES string of the molecule is C[C@@H](NC(=O)COc1ccccc1-c1ccccc1)c1nnc2ccccn12. The summed E-state index contributed by atoms with van der Waals surface area (Å²) >= 11 is 0. The van der Waals surface area contributed by atoms with Crippen molar-refractivity contribution in [3.05, 3.63) is 84.8 Å². The molecule has 4 rings (SSSR count). The van der Waals surface area contributed by atoms with Gasteiger partial charge in [0.15, 0.2) is 18.1 Å². The summed E-state index contributed by atoms with van der Waals surface area (Å²) in [6.07, 6.45) is 1.87. The second-order valence-electron chi connectivity index (χ2n) is 6.43. The Morgan fingerprint density at radius 2 is 1.75 bits per heavy atom. The number of pyridine rings is 1. The van der Waals surface area contributed by atoms with Gasteiger partial charge in [-0.05, 0) is 30.7 Å². The van der Waals surface area contributed by atoms with Crippen molar-refractivity contribution in [2.24, 2.45) is 0 Å². The minimum absolute atomic E-state index is 0.0784. The largest absolute Gasteiger partial charge is 0.483 e. The first-order chi connectivity index (χ1) is 13.7. The molecule has 0 aliphatic heterocycles. The maximum atomic E-state index is 12.4. The molecule has 2 aromatic heterocycles. The number of nitrogens with one attached hydrogen (secondary N) is 1. The standard InChI is InChI=1S/C22H20N4O2/c1-16(22-25-24-20-13-7-8-14-26(20)22)23-21(27)15-28-19-12-6-5-11-18(19)17-9-3-2-4-10-17/h2-14,16H,15H2,1H3,(H,23,27)/t16-/m1/s1.